The number of nitrogens with one attached hydrogen (secondary N) is 1. The minimum atomic E-state index is -0.377. The molecule has 0 spiro atoms. The van der Waals surface area contributed by atoms with Crippen molar-refractivity contribution < 1.29 is 9.18 Å². The van der Waals surface area contributed by atoms with Gasteiger partial charge >= 0.3 is 0 Å². The molecule has 3 heterocycles. The molecule has 176 valence electrons. The van der Waals surface area contributed by atoms with Gasteiger partial charge in [0.25, 0.3) is 0 Å². The Morgan fingerprint density at radius 3 is 2.67 bits per heavy atom. The number of hydrogen-bond acceptors (Lipinski definition) is 5. The monoisotopic (exact) mass is 451 g/mol. The van der Waals surface area contributed by atoms with E-state index >= 15 is 0 Å². The van der Waals surface area contributed by atoms with Crippen molar-refractivity contribution in [1.82, 2.24) is 20.2 Å². The third-order valence-corrected chi connectivity index (χ3v) is 7.68. The second-order valence-corrected chi connectivity index (χ2v) is 10.5. The SMILES string of the molecule is C[C@@H]1CCc2ncnc(N3CCN(C(=O)[C@@H](c4cccc(F)c4)[C@@H]4CCC(C)(C)N4)CC3)c21. The van der Waals surface area contributed by atoms with Gasteiger partial charge in [-0.1, -0.05) is 19.1 Å². The van der Waals surface area contributed by atoms with Crippen LogP contribution in [0.5, 0.6) is 0 Å². The number of benzene rings is 1. The molecule has 3 atom stereocenters. The number of halogens is 1. The average molecular weight is 452 g/mol. The van der Waals surface area contributed by atoms with Crippen LogP contribution in [0.1, 0.15) is 68.7 Å². The van der Waals surface area contributed by atoms with Crippen LogP contribution in [0.2, 0.25) is 0 Å². The van der Waals surface area contributed by atoms with Gasteiger partial charge in [0.05, 0.1) is 5.92 Å². The number of hydrogen-bond donors (Lipinski definition) is 1. The molecule has 33 heavy (non-hydrogen) atoms. The minimum absolute atomic E-state index is 0.0123. The maximum atomic E-state index is 14.1. The highest BCUT2D eigenvalue weighted by Crippen LogP contribution is 2.38. The second-order valence-electron chi connectivity index (χ2n) is 10.5. The van der Waals surface area contributed by atoms with Gasteiger partial charge in [0.1, 0.15) is 18.0 Å². The number of aromatic nitrogens is 2. The molecule has 0 bridgehead atoms. The molecule has 0 saturated carbocycles. The summed E-state index contributed by atoms with van der Waals surface area (Å²) in [5.41, 5.74) is 3.21. The lowest BCUT2D eigenvalue weighted by atomic mass is 9.88. The molecule has 7 heteroatoms. The summed E-state index contributed by atoms with van der Waals surface area (Å²) in [6.45, 7) is 9.38. The van der Waals surface area contributed by atoms with Crippen LogP contribution >= 0.6 is 0 Å². The Hall–Kier alpha value is -2.54. The number of fused-ring (bicyclic) bond motifs is 1. The number of carbonyl (C=O) groups is 1. The van der Waals surface area contributed by atoms with Crippen molar-refractivity contribution in [1.29, 1.82) is 0 Å². The van der Waals surface area contributed by atoms with Crippen LogP contribution in [0.25, 0.3) is 0 Å². The lowest BCUT2D eigenvalue weighted by molar-refractivity contribution is -0.133. The third-order valence-electron chi connectivity index (χ3n) is 7.68. The molecule has 2 fully saturated rings. The van der Waals surface area contributed by atoms with Crippen molar-refractivity contribution in [3.05, 3.63) is 53.2 Å². The van der Waals surface area contributed by atoms with E-state index in [9.17, 15) is 9.18 Å². The van der Waals surface area contributed by atoms with E-state index in [0.717, 1.165) is 50.2 Å². The maximum Gasteiger partial charge on any atom is 0.231 e. The van der Waals surface area contributed by atoms with Crippen molar-refractivity contribution in [2.75, 3.05) is 31.1 Å². The van der Waals surface area contributed by atoms with Crippen LogP contribution in [0, 0.1) is 5.82 Å². The Morgan fingerprint density at radius 1 is 1.18 bits per heavy atom. The summed E-state index contributed by atoms with van der Waals surface area (Å²) in [5, 5.41) is 3.64. The first-order chi connectivity index (χ1) is 15.8. The lowest BCUT2D eigenvalue weighted by Crippen LogP contribution is -2.53. The van der Waals surface area contributed by atoms with Crippen molar-refractivity contribution in [3.63, 3.8) is 0 Å². The molecular formula is C26H34FN5O. The summed E-state index contributed by atoms with van der Waals surface area (Å²) in [4.78, 5) is 27.2. The highest BCUT2D eigenvalue weighted by Gasteiger charge is 2.41. The quantitative estimate of drug-likeness (QED) is 0.769. The highest BCUT2D eigenvalue weighted by molar-refractivity contribution is 5.85. The second kappa shape index (κ2) is 8.67. The Morgan fingerprint density at radius 2 is 1.97 bits per heavy atom. The van der Waals surface area contributed by atoms with E-state index < -0.39 is 0 Å². The molecule has 0 unspecified atom stereocenters. The first-order valence-electron chi connectivity index (χ1n) is 12.2. The van der Waals surface area contributed by atoms with Crippen LogP contribution in [0.3, 0.4) is 0 Å². The Labute approximate surface area is 195 Å². The largest absolute Gasteiger partial charge is 0.353 e. The van der Waals surface area contributed by atoms with Gasteiger partial charge in [-0.3, -0.25) is 4.79 Å². The summed E-state index contributed by atoms with van der Waals surface area (Å²) in [5.74, 6) is 0.941. The van der Waals surface area contributed by atoms with Crippen LogP contribution in [-0.2, 0) is 11.2 Å². The van der Waals surface area contributed by atoms with Gasteiger partial charge in [0.2, 0.25) is 5.91 Å². The molecule has 2 aliphatic heterocycles. The normalized spacial score (nSPS) is 25.2. The Kier molecular flexibility index (Phi) is 5.85. The van der Waals surface area contributed by atoms with Gasteiger partial charge in [-0.15, -0.1) is 0 Å². The number of amides is 1. The molecular weight excluding hydrogens is 417 g/mol. The van der Waals surface area contributed by atoms with Gasteiger partial charge in [-0.25, -0.2) is 14.4 Å². The van der Waals surface area contributed by atoms with Gasteiger partial charge in [0, 0.05) is 49.0 Å². The number of carbonyl (C=O) groups excluding carboxylic acids is 1. The van der Waals surface area contributed by atoms with Gasteiger partial charge in [0.15, 0.2) is 0 Å². The Bertz CT molecular complexity index is 1030. The van der Waals surface area contributed by atoms with E-state index in [4.69, 9.17) is 0 Å². The van der Waals surface area contributed by atoms with Crippen LogP contribution < -0.4 is 10.2 Å². The number of aryl methyl sites for hydroxylation is 1. The van der Waals surface area contributed by atoms with E-state index in [2.05, 4.69) is 41.0 Å². The number of rotatable bonds is 4. The van der Waals surface area contributed by atoms with Crippen molar-refractivity contribution in [3.8, 4) is 0 Å². The predicted molar refractivity (Wildman–Crippen MR) is 127 cm³/mol. The lowest BCUT2D eigenvalue weighted by Gasteiger charge is -2.39. The van der Waals surface area contributed by atoms with Crippen LogP contribution in [0.15, 0.2) is 30.6 Å². The maximum absolute atomic E-state index is 14.1. The zero-order valence-electron chi connectivity index (χ0n) is 19.9. The van der Waals surface area contributed by atoms with Crippen molar-refractivity contribution in [2.24, 2.45) is 0 Å². The van der Waals surface area contributed by atoms with Crippen LogP contribution in [-0.4, -0.2) is 58.5 Å². The Balaban J connectivity index is 1.34. The molecule has 1 aromatic carbocycles. The topological polar surface area (TPSA) is 61.4 Å². The molecule has 0 radical (unpaired) electrons. The highest BCUT2D eigenvalue weighted by atomic mass is 19.1. The summed E-state index contributed by atoms with van der Waals surface area (Å²) in [7, 11) is 0. The zero-order chi connectivity index (χ0) is 23.2. The molecule has 1 aromatic heterocycles. The fourth-order valence-corrected chi connectivity index (χ4v) is 5.87. The van der Waals surface area contributed by atoms with Gasteiger partial charge in [-0.2, -0.15) is 0 Å². The van der Waals surface area contributed by atoms with E-state index in [1.807, 2.05) is 11.0 Å². The summed E-state index contributed by atoms with van der Waals surface area (Å²) >= 11 is 0. The summed E-state index contributed by atoms with van der Waals surface area (Å²) in [6.07, 6.45) is 5.73. The fraction of sp³-hybridized carbons (Fsp3) is 0.577. The van der Waals surface area contributed by atoms with E-state index in [1.54, 1.807) is 12.4 Å². The van der Waals surface area contributed by atoms with E-state index in [1.165, 1.54) is 23.4 Å². The van der Waals surface area contributed by atoms with Crippen molar-refractivity contribution in [2.45, 2.75) is 69.9 Å². The number of nitrogens with zero attached hydrogens (tertiary/aromatic N) is 4. The van der Waals surface area contributed by atoms with Crippen LogP contribution in [0.4, 0.5) is 10.2 Å². The molecule has 2 saturated heterocycles. The first-order valence-corrected chi connectivity index (χ1v) is 12.2. The summed E-state index contributed by atoms with van der Waals surface area (Å²) in [6, 6.07) is 6.58. The zero-order valence-corrected chi connectivity index (χ0v) is 19.9. The predicted octanol–water partition coefficient (Wildman–Crippen LogP) is 3.63. The molecule has 3 aliphatic rings. The minimum Gasteiger partial charge on any atom is -0.353 e. The molecule has 6 nitrogen and oxygen atoms in total. The van der Waals surface area contributed by atoms with E-state index in [-0.39, 0.29) is 29.2 Å². The number of anilines is 1. The smallest absolute Gasteiger partial charge is 0.231 e. The third kappa shape index (κ3) is 4.35. The molecule has 2 aromatic rings. The number of piperazine rings is 1. The van der Waals surface area contributed by atoms with E-state index in [0.29, 0.717) is 19.0 Å². The molecule has 1 N–H and O–H groups in total. The average Bonchev–Trinajstić information content (AvgIpc) is 3.36. The summed E-state index contributed by atoms with van der Waals surface area (Å²) < 4.78 is 14.1. The molecule has 5 rings (SSSR count). The fourth-order valence-electron chi connectivity index (χ4n) is 5.87. The molecule has 1 aliphatic carbocycles. The molecule has 1 amide bonds. The standard InChI is InChI=1S/C26H34FN5O/c1-17-7-8-20-22(17)24(29-16-28-20)31-11-13-32(14-12-31)25(33)23(18-5-4-6-19(27)15-18)21-9-10-26(2,3)30-21/h4-6,15-17,21,23,30H,7-14H2,1-3H3/t17-,21+,23+/m1/s1. The first kappa shape index (κ1) is 22.3. The van der Waals surface area contributed by atoms with Gasteiger partial charge < -0.3 is 15.1 Å². The van der Waals surface area contributed by atoms with Crippen molar-refractivity contribution >= 4 is 11.7 Å². The van der Waals surface area contributed by atoms with Gasteiger partial charge in [-0.05, 0) is 63.1 Å².